The largest absolute Gasteiger partial charge is 0.463 e. The highest BCUT2D eigenvalue weighted by Gasteiger charge is 2.43. The minimum atomic E-state index is -2.63. The Morgan fingerprint density at radius 2 is 1.88 bits per heavy atom. The first-order chi connectivity index (χ1) is 7.50. The van der Waals surface area contributed by atoms with E-state index in [0.717, 1.165) is 6.92 Å². The molecule has 0 fully saturated rings. The smallest absolute Gasteiger partial charge is 0.351 e. The number of esters is 1. The van der Waals surface area contributed by atoms with Crippen molar-refractivity contribution in [3.8, 4) is 0 Å². The molecule has 0 saturated carbocycles. The summed E-state index contributed by atoms with van der Waals surface area (Å²) >= 11 is 0. The highest BCUT2D eigenvalue weighted by Crippen LogP contribution is 2.19. The van der Waals surface area contributed by atoms with Gasteiger partial charge in [0.05, 0.1) is 6.61 Å². The summed E-state index contributed by atoms with van der Waals surface area (Å²) in [7, 11) is 0. The predicted octanol–water partition coefficient (Wildman–Crippen LogP) is 2.16. The number of carbonyl (C=O) groups is 2. The van der Waals surface area contributed by atoms with Gasteiger partial charge in [0.1, 0.15) is 0 Å². The number of carbonyl (C=O) groups excluding carboxylic acids is 2. The van der Waals surface area contributed by atoms with E-state index in [1.165, 1.54) is 12.1 Å². The average Bonchev–Trinajstić information content (AvgIpc) is 2.29. The molecule has 0 aliphatic rings. The van der Waals surface area contributed by atoms with E-state index in [9.17, 15) is 14.0 Å². The van der Waals surface area contributed by atoms with Crippen molar-refractivity contribution in [1.29, 1.82) is 0 Å². The van der Waals surface area contributed by atoms with Crippen molar-refractivity contribution in [1.82, 2.24) is 0 Å². The molecule has 0 radical (unpaired) electrons. The van der Waals surface area contributed by atoms with Gasteiger partial charge in [-0.2, -0.15) is 0 Å². The fourth-order valence-electron chi connectivity index (χ4n) is 1.22. The summed E-state index contributed by atoms with van der Waals surface area (Å²) < 4.78 is 18.4. The number of rotatable bonds is 4. The first kappa shape index (κ1) is 12.4. The van der Waals surface area contributed by atoms with Crippen LogP contribution in [0.3, 0.4) is 0 Å². The number of alkyl halides is 1. The number of halogens is 1. The van der Waals surface area contributed by atoms with Crippen molar-refractivity contribution in [2.45, 2.75) is 19.5 Å². The Morgan fingerprint density at radius 1 is 1.31 bits per heavy atom. The maximum absolute atomic E-state index is 13.9. The van der Waals surface area contributed by atoms with Crippen LogP contribution in [0.2, 0.25) is 0 Å². The summed E-state index contributed by atoms with van der Waals surface area (Å²) in [6.45, 7) is 2.52. The first-order valence-corrected chi connectivity index (χ1v) is 4.96. The van der Waals surface area contributed by atoms with Crippen LogP contribution in [0.5, 0.6) is 0 Å². The topological polar surface area (TPSA) is 43.4 Å². The van der Waals surface area contributed by atoms with Gasteiger partial charge >= 0.3 is 5.97 Å². The van der Waals surface area contributed by atoms with Crippen LogP contribution in [-0.4, -0.2) is 24.0 Å². The van der Waals surface area contributed by atoms with Gasteiger partial charge in [0.25, 0.3) is 5.67 Å². The van der Waals surface area contributed by atoms with Gasteiger partial charge in [-0.25, -0.2) is 9.18 Å². The number of Topliss-reactive ketones (excluding diaryl/α,β-unsaturated/α-hetero) is 1. The van der Waals surface area contributed by atoms with Gasteiger partial charge in [0.2, 0.25) is 5.78 Å². The molecule has 0 bridgehead atoms. The lowest BCUT2D eigenvalue weighted by Gasteiger charge is -2.16. The standard InChI is InChI=1S/C12H13FO3/c1-3-16-11(15)12(2,13)10(14)9-7-5-4-6-8-9/h4-8H,3H2,1-2H3/t12-/m0/s1. The molecule has 0 aliphatic carbocycles. The number of ether oxygens (including phenoxy) is 1. The van der Waals surface area contributed by atoms with Crippen molar-refractivity contribution in [2.24, 2.45) is 0 Å². The molecule has 0 aliphatic heterocycles. The molecule has 16 heavy (non-hydrogen) atoms. The molecule has 86 valence electrons. The molecule has 0 amide bonds. The summed E-state index contributed by atoms with van der Waals surface area (Å²) in [6, 6.07) is 7.83. The highest BCUT2D eigenvalue weighted by atomic mass is 19.1. The van der Waals surface area contributed by atoms with Gasteiger partial charge in [-0.3, -0.25) is 4.79 Å². The molecular formula is C12H13FO3. The molecule has 1 rings (SSSR count). The van der Waals surface area contributed by atoms with Gasteiger partial charge in [0.15, 0.2) is 0 Å². The Balaban J connectivity index is 2.92. The Labute approximate surface area is 93.2 Å². The molecule has 4 heteroatoms. The Hall–Kier alpha value is -1.71. The van der Waals surface area contributed by atoms with E-state index in [4.69, 9.17) is 0 Å². The maximum Gasteiger partial charge on any atom is 0.351 e. The van der Waals surface area contributed by atoms with Crippen LogP contribution in [0.1, 0.15) is 24.2 Å². The third-order valence-corrected chi connectivity index (χ3v) is 2.12. The second-order valence-electron chi connectivity index (χ2n) is 3.42. The van der Waals surface area contributed by atoms with Gasteiger partial charge in [-0.1, -0.05) is 30.3 Å². The minimum absolute atomic E-state index is 0.0421. The highest BCUT2D eigenvalue weighted by molar-refractivity contribution is 6.14. The van der Waals surface area contributed by atoms with Crippen LogP contribution in [0, 0.1) is 0 Å². The van der Waals surface area contributed by atoms with E-state index >= 15 is 0 Å². The van der Waals surface area contributed by atoms with Gasteiger partial charge < -0.3 is 4.74 Å². The molecule has 1 aromatic rings. The first-order valence-electron chi connectivity index (χ1n) is 4.96. The zero-order valence-electron chi connectivity index (χ0n) is 9.20. The third kappa shape index (κ3) is 2.45. The monoisotopic (exact) mass is 224 g/mol. The summed E-state index contributed by atoms with van der Waals surface area (Å²) in [5, 5.41) is 0. The Bertz CT molecular complexity index is 385. The maximum atomic E-state index is 13.9. The van der Waals surface area contributed by atoms with Crippen LogP contribution in [0.4, 0.5) is 4.39 Å². The summed E-state index contributed by atoms with van der Waals surface area (Å²) in [5.41, 5.74) is -2.47. The van der Waals surface area contributed by atoms with Crippen LogP contribution >= 0.6 is 0 Å². The van der Waals surface area contributed by atoms with Crippen molar-refractivity contribution >= 4 is 11.8 Å². The Kier molecular flexibility index (Phi) is 3.77. The van der Waals surface area contributed by atoms with Crippen LogP contribution in [-0.2, 0) is 9.53 Å². The number of hydrogen-bond acceptors (Lipinski definition) is 3. The fraction of sp³-hybridized carbons (Fsp3) is 0.333. The Morgan fingerprint density at radius 3 is 2.38 bits per heavy atom. The molecule has 0 unspecified atom stereocenters. The summed E-state index contributed by atoms with van der Waals surface area (Å²) in [4.78, 5) is 23.0. The summed E-state index contributed by atoms with van der Waals surface area (Å²) in [6.07, 6.45) is 0. The number of benzene rings is 1. The second kappa shape index (κ2) is 4.88. The van der Waals surface area contributed by atoms with Gasteiger partial charge in [0, 0.05) is 5.56 Å². The van der Waals surface area contributed by atoms with Crippen LogP contribution < -0.4 is 0 Å². The minimum Gasteiger partial charge on any atom is -0.463 e. The molecular weight excluding hydrogens is 211 g/mol. The van der Waals surface area contributed by atoms with Crippen LogP contribution in [0.15, 0.2) is 30.3 Å². The fourth-order valence-corrected chi connectivity index (χ4v) is 1.22. The van der Waals surface area contributed by atoms with E-state index in [0.29, 0.717) is 0 Å². The predicted molar refractivity (Wildman–Crippen MR) is 56.9 cm³/mol. The zero-order chi connectivity index (χ0) is 12.2. The lowest BCUT2D eigenvalue weighted by atomic mass is 9.97. The van der Waals surface area contributed by atoms with Crippen molar-refractivity contribution in [3.63, 3.8) is 0 Å². The molecule has 0 aromatic heterocycles. The van der Waals surface area contributed by atoms with E-state index in [2.05, 4.69) is 4.74 Å². The molecule has 0 heterocycles. The van der Waals surface area contributed by atoms with Gasteiger partial charge in [-0.15, -0.1) is 0 Å². The SMILES string of the molecule is CCOC(=O)[C@@](C)(F)C(=O)c1ccccc1. The molecule has 3 nitrogen and oxygen atoms in total. The van der Waals surface area contributed by atoms with Crippen molar-refractivity contribution < 1.29 is 18.7 Å². The quantitative estimate of drug-likeness (QED) is 0.447. The second-order valence-corrected chi connectivity index (χ2v) is 3.42. The lowest BCUT2D eigenvalue weighted by molar-refractivity contribution is -0.152. The number of ketones is 1. The van der Waals surface area contributed by atoms with Gasteiger partial charge in [-0.05, 0) is 13.8 Å². The van der Waals surface area contributed by atoms with E-state index in [1.54, 1.807) is 25.1 Å². The van der Waals surface area contributed by atoms with E-state index in [-0.39, 0.29) is 12.2 Å². The zero-order valence-corrected chi connectivity index (χ0v) is 9.20. The molecule has 1 aromatic carbocycles. The van der Waals surface area contributed by atoms with Crippen LogP contribution in [0.25, 0.3) is 0 Å². The number of hydrogen-bond donors (Lipinski definition) is 0. The third-order valence-electron chi connectivity index (χ3n) is 2.12. The lowest BCUT2D eigenvalue weighted by Crippen LogP contribution is -2.40. The summed E-state index contributed by atoms with van der Waals surface area (Å²) in [5.74, 6) is -2.03. The van der Waals surface area contributed by atoms with E-state index in [1.807, 2.05) is 0 Å². The molecule has 0 saturated heterocycles. The molecule has 0 spiro atoms. The van der Waals surface area contributed by atoms with E-state index < -0.39 is 17.4 Å². The average molecular weight is 224 g/mol. The molecule has 0 N–H and O–H groups in total. The molecule has 1 atom stereocenters. The van der Waals surface area contributed by atoms with Crippen molar-refractivity contribution in [2.75, 3.05) is 6.61 Å². The normalized spacial score (nSPS) is 13.9. The van der Waals surface area contributed by atoms with Crippen molar-refractivity contribution in [3.05, 3.63) is 35.9 Å².